The van der Waals surface area contributed by atoms with Crippen molar-refractivity contribution in [1.82, 2.24) is 0 Å². The Bertz CT molecular complexity index is 880. The SMILES string of the molecule is C[C@@H]1C[NH+](C[C@H](O)COc2ccc3oc4ccccc4c3c2)C[C@@H](C)O1. The molecule has 4 rings (SSSR count). The number of rotatable bonds is 5. The normalized spacial score (nSPS) is 24.8. The number of fused-ring (bicyclic) bond motifs is 3. The van der Waals surface area contributed by atoms with Crippen LogP contribution in [0.25, 0.3) is 21.9 Å². The van der Waals surface area contributed by atoms with Gasteiger partial charge in [0.25, 0.3) is 0 Å². The summed E-state index contributed by atoms with van der Waals surface area (Å²) in [6.07, 6.45) is -0.0309. The van der Waals surface area contributed by atoms with Gasteiger partial charge in [-0.25, -0.2) is 0 Å². The summed E-state index contributed by atoms with van der Waals surface area (Å²) in [7, 11) is 0. The Hall–Kier alpha value is -2.08. The third-order valence-electron chi connectivity index (χ3n) is 4.93. The summed E-state index contributed by atoms with van der Waals surface area (Å²) in [5, 5.41) is 12.5. The van der Waals surface area contributed by atoms with Gasteiger partial charge in [-0.2, -0.15) is 0 Å². The standard InChI is InChI=1S/C21H25NO4/c1-14-10-22(11-15(2)25-14)12-16(23)13-24-17-7-8-21-19(9-17)18-5-3-4-6-20(18)26-21/h3-9,14-16,23H,10-13H2,1-2H3/p+1/t14-,15-,16+/m1/s1. The van der Waals surface area contributed by atoms with Crippen LogP contribution in [0.4, 0.5) is 0 Å². The van der Waals surface area contributed by atoms with Crippen LogP contribution in [0.3, 0.4) is 0 Å². The summed E-state index contributed by atoms with van der Waals surface area (Å²) in [6, 6.07) is 13.8. The molecule has 0 radical (unpaired) electrons. The van der Waals surface area contributed by atoms with Gasteiger partial charge >= 0.3 is 0 Å². The van der Waals surface area contributed by atoms with Crippen molar-refractivity contribution in [1.29, 1.82) is 0 Å². The van der Waals surface area contributed by atoms with Gasteiger partial charge in [0.15, 0.2) is 0 Å². The second-order valence-electron chi connectivity index (χ2n) is 7.34. The van der Waals surface area contributed by atoms with E-state index in [9.17, 15) is 5.11 Å². The quantitative estimate of drug-likeness (QED) is 0.734. The van der Waals surface area contributed by atoms with Crippen molar-refractivity contribution in [3.05, 3.63) is 42.5 Å². The van der Waals surface area contributed by atoms with E-state index in [1.54, 1.807) is 0 Å². The molecule has 1 aliphatic rings. The molecule has 3 aromatic rings. The maximum atomic E-state index is 10.4. The van der Waals surface area contributed by atoms with Gasteiger partial charge in [-0.15, -0.1) is 0 Å². The number of para-hydroxylation sites is 1. The zero-order chi connectivity index (χ0) is 18.1. The van der Waals surface area contributed by atoms with Crippen molar-refractivity contribution in [2.24, 2.45) is 0 Å². The van der Waals surface area contributed by atoms with Crippen LogP contribution < -0.4 is 9.64 Å². The van der Waals surface area contributed by atoms with Crippen LogP contribution in [0.5, 0.6) is 5.75 Å². The lowest BCUT2D eigenvalue weighted by Crippen LogP contribution is -3.16. The number of hydrogen-bond donors (Lipinski definition) is 2. The minimum Gasteiger partial charge on any atom is -0.491 e. The molecule has 1 saturated heterocycles. The van der Waals surface area contributed by atoms with E-state index >= 15 is 0 Å². The first-order valence-electron chi connectivity index (χ1n) is 9.29. The molecule has 5 nitrogen and oxygen atoms in total. The Balaban J connectivity index is 1.40. The lowest BCUT2D eigenvalue weighted by atomic mass is 10.1. The zero-order valence-electron chi connectivity index (χ0n) is 15.3. The lowest BCUT2D eigenvalue weighted by molar-refractivity contribution is -0.918. The first-order valence-corrected chi connectivity index (χ1v) is 9.29. The number of aliphatic hydroxyl groups is 1. The zero-order valence-corrected chi connectivity index (χ0v) is 15.3. The highest BCUT2D eigenvalue weighted by molar-refractivity contribution is 6.05. The molecule has 0 saturated carbocycles. The Labute approximate surface area is 153 Å². The number of furan rings is 1. The number of morpholine rings is 1. The maximum Gasteiger partial charge on any atom is 0.137 e. The molecule has 1 aromatic heterocycles. The molecule has 2 heterocycles. The van der Waals surface area contributed by atoms with Gasteiger partial charge in [0, 0.05) is 10.8 Å². The van der Waals surface area contributed by atoms with E-state index in [-0.39, 0.29) is 18.8 Å². The highest BCUT2D eigenvalue weighted by Gasteiger charge is 2.27. The largest absolute Gasteiger partial charge is 0.491 e. The highest BCUT2D eigenvalue weighted by Crippen LogP contribution is 2.31. The Morgan fingerprint density at radius 2 is 1.81 bits per heavy atom. The molecular weight excluding hydrogens is 330 g/mol. The fourth-order valence-electron chi connectivity index (χ4n) is 3.94. The van der Waals surface area contributed by atoms with Crippen molar-refractivity contribution in [3.63, 3.8) is 0 Å². The minimum absolute atomic E-state index is 0.235. The van der Waals surface area contributed by atoms with Gasteiger partial charge in [-0.3, -0.25) is 0 Å². The van der Waals surface area contributed by atoms with E-state index in [1.165, 1.54) is 4.90 Å². The number of benzene rings is 2. The molecule has 1 aliphatic heterocycles. The van der Waals surface area contributed by atoms with Crippen molar-refractivity contribution in [2.45, 2.75) is 32.2 Å². The van der Waals surface area contributed by atoms with Gasteiger partial charge < -0.3 is 23.9 Å². The molecule has 0 bridgehead atoms. The van der Waals surface area contributed by atoms with Gasteiger partial charge in [0.2, 0.25) is 0 Å². The number of ether oxygens (including phenoxy) is 2. The Morgan fingerprint density at radius 1 is 1.08 bits per heavy atom. The summed E-state index contributed by atoms with van der Waals surface area (Å²) in [6.45, 7) is 6.98. The molecule has 0 aliphatic carbocycles. The van der Waals surface area contributed by atoms with E-state index in [4.69, 9.17) is 13.9 Å². The topological polar surface area (TPSA) is 56.3 Å². The van der Waals surface area contributed by atoms with Crippen LogP contribution in [-0.4, -0.2) is 49.7 Å². The molecule has 0 spiro atoms. The van der Waals surface area contributed by atoms with Crippen LogP contribution in [0.15, 0.2) is 46.9 Å². The van der Waals surface area contributed by atoms with E-state index in [1.807, 2.05) is 42.5 Å². The number of nitrogens with one attached hydrogen (secondary N) is 1. The van der Waals surface area contributed by atoms with Crippen molar-refractivity contribution in [3.8, 4) is 5.75 Å². The monoisotopic (exact) mass is 356 g/mol. The van der Waals surface area contributed by atoms with Crippen LogP contribution in [0.1, 0.15) is 13.8 Å². The second-order valence-corrected chi connectivity index (χ2v) is 7.34. The van der Waals surface area contributed by atoms with Crippen LogP contribution in [-0.2, 0) is 4.74 Å². The summed E-state index contributed by atoms with van der Waals surface area (Å²) in [5.74, 6) is 0.752. The van der Waals surface area contributed by atoms with Crippen LogP contribution in [0.2, 0.25) is 0 Å². The predicted octanol–water partition coefficient (Wildman–Crippen LogP) is 2.02. The predicted molar refractivity (Wildman–Crippen MR) is 101 cm³/mol. The van der Waals surface area contributed by atoms with E-state index in [2.05, 4.69) is 13.8 Å². The fourth-order valence-corrected chi connectivity index (χ4v) is 3.94. The van der Waals surface area contributed by atoms with Gasteiger partial charge in [-0.1, -0.05) is 18.2 Å². The van der Waals surface area contributed by atoms with E-state index in [0.29, 0.717) is 6.54 Å². The second kappa shape index (κ2) is 7.27. The average molecular weight is 356 g/mol. The van der Waals surface area contributed by atoms with Gasteiger partial charge in [0.05, 0.1) is 0 Å². The third-order valence-corrected chi connectivity index (χ3v) is 4.93. The number of quaternary nitrogens is 1. The van der Waals surface area contributed by atoms with Crippen molar-refractivity contribution in [2.75, 3.05) is 26.2 Å². The molecule has 2 aromatic carbocycles. The lowest BCUT2D eigenvalue weighted by Gasteiger charge is -2.33. The highest BCUT2D eigenvalue weighted by atomic mass is 16.5. The molecule has 2 N–H and O–H groups in total. The summed E-state index contributed by atoms with van der Waals surface area (Å²) >= 11 is 0. The molecule has 0 amide bonds. The summed E-state index contributed by atoms with van der Waals surface area (Å²) in [5.41, 5.74) is 1.72. The van der Waals surface area contributed by atoms with Crippen LogP contribution in [0, 0.1) is 0 Å². The molecule has 5 heteroatoms. The maximum absolute atomic E-state index is 10.4. The molecular formula is C21H26NO4+. The molecule has 0 unspecified atom stereocenters. The Morgan fingerprint density at radius 3 is 2.62 bits per heavy atom. The smallest absolute Gasteiger partial charge is 0.137 e. The number of hydrogen-bond acceptors (Lipinski definition) is 4. The van der Waals surface area contributed by atoms with Crippen molar-refractivity contribution >= 4 is 21.9 Å². The van der Waals surface area contributed by atoms with Crippen LogP contribution >= 0.6 is 0 Å². The average Bonchev–Trinajstić information content (AvgIpc) is 2.97. The molecule has 26 heavy (non-hydrogen) atoms. The van der Waals surface area contributed by atoms with Crippen molar-refractivity contribution < 1.29 is 23.9 Å². The molecule has 138 valence electrons. The summed E-state index contributed by atoms with van der Waals surface area (Å²) < 4.78 is 17.4. The van der Waals surface area contributed by atoms with E-state index in [0.717, 1.165) is 40.8 Å². The van der Waals surface area contributed by atoms with Gasteiger partial charge in [-0.05, 0) is 38.1 Å². The molecule has 1 fully saturated rings. The summed E-state index contributed by atoms with van der Waals surface area (Å²) in [4.78, 5) is 1.36. The fraction of sp³-hybridized carbons (Fsp3) is 0.429. The number of aliphatic hydroxyl groups excluding tert-OH is 1. The third kappa shape index (κ3) is 3.70. The Kier molecular flexibility index (Phi) is 4.85. The first-order chi connectivity index (χ1) is 12.6. The molecule has 3 atom stereocenters. The van der Waals surface area contributed by atoms with Gasteiger partial charge in [0.1, 0.15) is 61.5 Å². The van der Waals surface area contributed by atoms with E-state index < -0.39 is 6.10 Å². The minimum atomic E-state index is -0.501. The first kappa shape index (κ1) is 17.3.